The fourth-order valence-electron chi connectivity index (χ4n) is 13.2. The average Bonchev–Trinajstić information content (AvgIpc) is 0.733. The number of esters is 1. The van der Waals surface area contributed by atoms with Crippen LogP contribution in [0.4, 0.5) is 0 Å². The molecule has 0 fully saturated rings. The minimum atomic E-state index is -0.979. The molecule has 0 radical (unpaired) electrons. The second-order valence-corrected chi connectivity index (χ2v) is 240. The van der Waals surface area contributed by atoms with E-state index in [-0.39, 0.29) is 136 Å². The van der Waals surface area contributed by atoms with Gasteiger partial charge in [0.2, 0.25) is 0 Å². The predicted molar refractivity (Wildman–Crippen MR) is 792 cm³/mol. The summed E-state index contributed by atoms with van der Waals surface area (Å²) in [6, 6.07) is 64.7. The molecule has 29 atom stereocenters. The van der Waals surface area contributed by atoms with Gasteiger partial charge in [0.15, 0.2) is 12.6 Å². The zero-order valence-corrected chi connectivity index (χ0v) is 135. The van der Waals surface area contributed by atoms with Crippen molar-refractivity contribution in [2.45, 2.75) is 116 Å². The molecule has 0 N–H and O–H groups in total. The number of nitriles is 1. The number of benzene rings is 8. The van der Waals surface area contributed by atoms with Gasteiger partial charge in [-0.25, -0.2) is 4.79 Å². The van der Waals surface area contributed by atoms with E-state index in [2.05, 4.69) is 316 Å². The molecule has 0 amide bonds. The van der Waals surface area contributed by atoms with Crippen molar-refractivity contribution in [1.82, 2.24) is 0 Å². The van der Waals surface area contributed by atoms with Crippen molar-refractivity contribution in [3.63, 3.8) is 0 Å². The van der Waals surface area contributed by atoms with Crippen LogP contribution < -0.4 is 32.9 Å². The van der Waals surface area contributed by atoms with Crippen molar-refractivity contribution < 1.29 is 81.1 Å². The number of nitrogens with zero attached hydrogens (tertiary/aromatic N) is 1. The number of unbranched alkanes of at least 4 members (excludes halogenated alkanes) is 10. The van der Waals surface area contributed by atoms with Crippen molar-refractivity contribution in [2.75, 3.05) is 60.2 Å². The van der Waals surface area contributed by atoms with Crippen LogP contribution in [0.2, 0.25) is 0 Å². The zero-order chi connectivity index (χ0) is 108. The van der Waals surface area contributed by atoms with Crippen LogP contribution in [0.25, 0.3) is 11.1 Å². The standard InChI is InChI=1S/C72H82NO11.C8H58O2P51.Co.O/c1-76-42-10-3-4-11-44-79-66-34-22-57(23-35-66)50-58-24-36-67(37-25-58)80-45-13-7-8-15-48-83-72(75)64-51-63(71(74)17-9-16-43-78-55-84-69-38-26-59(27-39-69)49-56-20-32-65(77-2)33-21-56)52-70(53-64)82-47-14-6-5-12-46-81-68-40-30-62(31-41-68)61-28-18-60(54-73)19-29-61;1-6(9)7-3-2-4-8(5-7)10-37(51(53(38(11)12)39(13)14)59(50(35)36)54(40(15)16)41(17)18)52(60(55(42(19)20)43(21)22)56(44(23)24)45(25)26)61(57(46(27)28)47(29)30)58(48(31)32)49(33)34;;/h18-41,51-53H,2-17,42-50,55H2,1H3;3-5H,11-36H2,1H3;;/q2*-1;;. The van der Waals surface area contributed by atoms with Gasteiger partial charge in [-0.05, 0) is 360 Å². The van der Waals surface area contributed by atoms with Crippen LogP contribution in [0.1, 0.15) is 162 Å². The molecular weight excluding hydrogens is 2840 g/mol. The summed E-state index contributed by atoms with van der Waals surface area (Å²) >= 11 is 2.31. The summed E-state index contributed by atoms with van der Waals surface area (Å²) in [5, 5.41) is 9.09. The Bertz CT molecular complexity index is 4970. The predicted octanol–water partition coefficient (Wildman–Crippen LogP) is 47.8. The summed E-state index contributed by atoms with van der Waals surface area (Å²) in [5.74, 6) is 4.89. The fraction of sp³-hybridized carbons (Fsp3) is 0.338. The third-order valence-electron chi connectivity index (χ3n) is 20.0. The van der Waals surface area contributed by atoms with Gasteiger partial charge >= 0.3 is 25.5 Å². The molecule has 8 aromatic carbocycles. The Morgan fingerprint density at radius 1 is 0.327 bits per heavy atom. The van der Waals surface area contributed by atoms with E-state index >= 15 is 0 Å². The molecule has 0 bridgehead atoms. The molecule has 0 spiro atoms. The molecule has 0 aliphatic carbocycles. The van der Waals surface area contributed by atoms with Crippen LogP contribution in [-0.2, 0) is 46.6 Å². The monoisotopic (exact) mass is 2980 g/mol. The molecule has 0 aliphatic heterocycles. The second-order valence-electron chi connectivity index (χ2n) is 31.1. The van der Waals surface area contributed by atoms with Gasteiger partial charge in [0.25, 0.3) is 0 Å². The Hall–Kier alpha value is 12.8. The van der Waals surface area contributed by atoms with Gasteiger partial charge in [-0.15, -0.1) is 244 Å². The van der Waals surface area contributed by atoms with Crippen molar-refractivity contribution in [3.8, 4) is 57.4 Å². The number of ketones is 2. The van der Waals surface area contributed by atoms with E-state index in [1.807, 2.05) is 115 Å². The molecule has 67 heteroatoms. The quantitative estimate of drug-likeness (QED) is 0.00875. The Labute approximate surface area is 974 Å². The normalized spacial score (nSPS) is 12.6. The third kappa shape index (κ3) is 56.1. The average molecular weight is 2980 g/mol. The summed E-state index contributed by atoms with van der Waals surface area (Å²) in [6.45, 7) is -3.64. The molecule has 147 heavy (non-hydrogen) atoms. The Balaban J connectivity index is 0.000000466. The van der Waals surface area contributed by atoms with E-state index in [4.69, 9.17) is 56.3 Å². The van der Waals surface area contributed by atoms with E-state index in [1.54, 1.807) is 32.2 Å². The third-order valence-corrected chi connectivity index (χ3v) is 367. The summed E-state index contributed by atoms with van der Waals surface area (Å²) in [4.78, 5) is 40.2. The number of rotatable bonds is 68. The zero-order valence-electron chi connectivity index (χ0n) is 81.4. The minimum absolute atomic E-state index is 0.0808. The molecule has 15 nitrogen and oxygen atoms in total. The number of hydrogen-bond donors (Lipinski definition) is 0. The van der Waals surface area contributed by atoms with E-state index in [0.29, 0.717) is 79.4 Å². The molecule has 0 saturated carbocycles. The fourth-order valence-corrected chi connectivity index (χ4v) is 720. The van der Waals surface area contributed by atoms with Crippen LogP contribution in [0.5, 0.6) is 40.2 Å². The molecule has 8 aromatic rings. The van der Waals surface area contributed by atoms with Gasteiger partial charge in [0.05, 0.1) is 62.6 Å². The van der Waals surface area contributed by atoms with Crippen molar-refractivity contribution in [2.24, 2.45) is 0 Å². The second kappa shape index (κ2) is 85.7. The Morgan fingerprint density at radius 3 is 1.01 bits per heavy atom. The maximum absolute atomic E-state index is 13.6. The first-order valence-corrected chi connectivity index (χ1v) is 137. The van der Waals surface area contributed by atoms with Crippen LogP contribution in [-0.4, -0.2) is 77.7 Å². The number of Topliss-reactive ketones (excluding diaryl/α,β-unsaturated/α-hetero) is 2. The van der Waals surface area contributed by atoms with Gasteiger partial charge in [-0.2, -0.15) is 24.5 Å². The van der Waals surface area contributed by atoms with Crippen LogP contribution in [0.15, 0.2) is 182 Å². The number of carbonyl (C=O) groups excluding carboxylic acids is 3. The first-order chi connectivity index (χ1) is 70.3. The van der Waals surface area contributed by atoms with E-state index < -0.39 is 76.4 Å². The Kier molecular flexibility index (Phi) is 86.5. The molecular formula is C80H140CoNO14P51-2. The first-order valence-electron chi connectivity index (χ1n) is 44.5. The molecule has 0 heterocycles. The van der Waals surface area contributed by atoms with E-state index in [1.165, 1.54) is 16.7 Å². The van der Waals surface area contributed by atoms with Crippen LogP contribution in [0.3, 0.4) is 0 Å². The van der Waals surface area contributed by atoms with Crippen LogP contribution >= 0.6 is 407 Å². The van der Waals surface area contributed by atoms with Gasteiger partial charge in [-0.3, -0.25) is 4.79 Å². The SMILES string of the molecule is CC(=O)c1c[c-]cc(OP(P(P(P(P)P)P(P)P)P(P(P)P)P(P(P)P)P(P)P)P(P(P(P(P)P)P(P)P)P(P(P)P)P(P)P)P(P(P(P)P)P(P)P)P(P(P)P)P(P)P)c1.[CH2-]Oc1ccc(Cc2ccc(OCOCCCCC(=O)c3cc(OCCCCCCOc4ccc(-c5ccc(C#N)cc5)cc4)cc(C(=O)OCCCCCCOc4ccc(Cc5ccc(OCCCCCCOC)cc5)cc4)c3)cc2)cc1.[O]=[Co]. The maximum atomic E-state index is 13.6. The number of hydrogen-bond acceptors (Lipinski definition) is 15. The molecule has 8 rings (SSSR count). The molecule has 0 aliphatic rings. The number of ether oxygens (including phenoxy) is 9. The summed E-state index contributed by atoms with van der Waals surface area (Å²) in [6.07, 6.45) is 14.6. The van der Waals surface area contributed by atoms with Gasteiger partial charge in [-0.1, -0.05) is 84.8 Å². The number of carbonyl (C=O) groups is 3. The van der Waals surface area contributed by atoms with Crippen molar-refractivity contribution in [1.29, 1.82) is 5.26 Å². The van der Waals surface area contributed by atoms with Crippen molar-refractivity contribution in [3.05, 3.63) is 240 Å². The van der Waals surface area contributed by atoms with E-state index in [9.17, 15) is 14.4 Å². The molecule has 0 aromatic heterocycles. The summed E-state index contributed by atoms with van der Waals surface area (Å²) < 4.78 is 67.9. The number of methoxy groups -OCH3 is 1. The summed E-state index contributed by atoms with van der Waals surface area (Å²) in [5.41, 5.74) is 8.95. The van der Waals surface area contributed by atoms with E-state index in [0.717, 1.165) is 142 Å². The van der Waals surface area contributed by atoms with Gasteiger partial charge in [0.1, 0.15) is 42.1 Å². The molecule has 0 saturated heterocycles. The van der Waals surface area contributed by atoms with Gasteiger partial charge < -0.3 is 52.0 Å². The Morgan fingerprint density at radius 2 is 0.639 bits per heavy atom. The van der Waals surface area contributed by atoms with Crippen LogP contribution in [0, 0.1) is 24.5 Å². The first kappa shape index (κ1) is 148. The molecule has 29 unspecified atom stereocenters. The van der Waals surface area contributed by atoms with Crippen molar-refractivity contribution >= 4 is 425 Å². The molecule has 815 valence electrons. The topological polar surface area (TPSA) is 184 Å². The van der Waals surface area contributed by atoms with Gasteiger partial charge in [0, 0.05) is 66.4 Å². The summed E-state index contributed by atoms with van der Waals surface area (Å²) in [7, 11) is 93.5.